The van der Waals surface area contributed by atoms with Crippen LogP contribution in [0.3, 0.4) is 0 Å². The molecule has 4 nitrogen and oxygen atoms in total. The molecule has 21 heavy (non-hydrogen) atoms. The fourth-order valence-corrected chi connectivity index (χ4v) is 2.89. The van der Waals surface area contributed by atoms with Crippen molar-refractivity contribution in [2.45, 2.75) is 25.7 Å². The number of halogens is 2. The molecule has 1 aliphatic heterocycles. The highest BCUT2D eigenvalue weighted by Crippen LogP contribution is 2.25. The Labute approximate surface area is 127 Å². The van der Waals surface area contributed by atoms with Gasteiger partial charge >= 0.3 is 5.97 Å². The molecular formula is C15H17ClFNO3. The number of hydrogen-bond donors (Lipinski definition) is 1. The lowest BCUT2D eigenvalue weighted by atomic mass is 9.93. The van der Waals surface area contributed by atoms with Crippen LogP contribution in [0, 0.1) is 11.7 Å². The molecule has 0 bridgehead atoms. The number of hydrogen-bond acceptors (Lipinski definition) is 2. The number of likely N-dealkylation sites (tertiary alicyclic amines) is 1. The van der Waals surface area contributed by atoms with Crippen LogP contribution in [0.5, 0.6) is 0 Å². The number of rotatable bonds is 4. The highest BCUT2D eigenvalue weighted by Gasteiger charge is 2.26. The highest BCUT2D eigenvalue weighted by atomic mass is 35.5. The van der Waals surface area contributed by atoms with Gasteiger partial charge in [0.2, 0.25) is 0 Å². The van der Waals surface area contributed by atoms with Gasteiger partial charge in [0.15, 0.2) is 0 Å². The Kier molecular flexibility index (Phi) is 5.17. The summed E-state index contributed by atoms with van der Waals surface area (Å²) in [6.45, 7) is 1.15. The van der Waals surface area contributed by atoms with E-state index in [0.717, 1.165) is 18.9 Å². The Bertz CT molecular complexity index is 550. The summed E-state index contributed by atoms with van der Waals surface area (Å²) in [5.74, 6) is -1.33. The number of carboxylic acid groups (broad SMARTS) is 1. The second-order valence-electron chi connectivity index (χ2n) is 5.32. The minimum Gasteiger partial charge on any atom is -0.481 e. The quantitative estimate of drug-likeness (QED) is 0.928. The first kappa shape index (κ1) is 15.8. The molecule has 0 spiro atoms. The van der Waals surface area contributed by atoms with E-state index in [1.54, 1.807) is 4.90 Å². The average molecular weight is 314 g/mol. The van der Waals surface area contributed by atoms with E-state index < -0.39 is 11.8 Å². The fourth-order valence-electron chi connectivity index (χ4n) is 2.65. The number of piperidine rings is 1. The first-order valence-electron chi connectivity index (χ1n) is 6.93. The SMILES string of the molecule is O=C(O)CCC1CCCN(C(=O)c2ccc(F)cc2Cl)C1. The number of carbonyl (C=O) groups is 2. The molecule has 1 atom stereocenters. The van der Waals surface area contributed by atoms with Crippen LogP contribution in [0.2, 0.25) is 5.02 Å². The van der Waals surface area contributed by atoms with Crippen LogP contribution < -0.4 is 0 Å². The topological polar surface area (TPSA) is 57.6 Å². The minimum absolute atomic E-state index is 0.104. The number of amides is 1. The summed E-state index contributed by atoms with van der Waals surface area (Å²) in [5, 5.41) is 8.83. The van der Waals surface area contributed by atoms with Crippen LogP contribution in [-0.2, 0) is 4.79 Å². The first-order chi connectivity index (χ1) is 9.97. The van der Waals surface area contributed by atoms with Gasteiger partial charge in [-0.3, -0.25) is 9.59 Å². The smallest absolute Gasteiger partial charge is 0.303 e. The molecule has 0 aliphatic carbocycles. The zero-order valence-electron chi connectivity index (χ0n) is 11.5. The molecule has 2 rings (SSSR count). The molecule has 1 N–H and O–H groups in total. The predicted molar refractivity (Wildman–Crippen MR) is 76.9 cm³/mol. The molecule has 6 heteroatoms. The Morgan fingerprint density at radius 2 is 2.19 bits per heavy atom. The van der Waals surface area contributed by atoms with Crippen molar-refractivity contribution in [1.29, 1.82) is 0 Å². The second-order valence-corrected chi connectivity index (χ2v) is 5.72. The van der Waals surface area contributed by atoms with Gasteiger partial charge in [0.05, 0.1) is 10.6 Å². The van der Waals surface area contributed by atoms with Crippen molar-refractivity contribution >= 4 is 23.5 Å². The maximum Gasteiger partial charge on any atom is 0.303 e. The number of carboxylic acids is 1. The lowest BCUT2D eigenvalue weighted by Crippen LogP contribution is -2.40. The van der Waals surface area contributed by atoms with Gasteiger partial charge in [0, 0.05) is 19.5 Å². The van der Waals surface area contributed by atoms with E-state index in [2.05, 4.69) is 0 Å². The lowest BCUT2D eigenvalue weighted by molar-refractivity contribution is -0.137. The molecule has 0 radical (unpaired) electrons. The minimum atomic E-state index is -0.819. The molecular weight excluding hydrogens is 297 g/mol. The molecule has 1 aliphatic rings. The van der Waals surface area contributed by atoms with Gasteiger partial charge in [0.25, 0.3) is 5.91 Å². The van der Waals surface area contributed by atoms with Gasteiger partial charge in [-0.1, -0.05) is 11.6 Å². The Morgan fingerprint density at radius 1 is 1.43 bits per heavy atom. The van der Waals surface area contributed by atoms with Crippen molar-refractivity contribution in [3.63, 3.8) is 0 Å². The first-order valence-corrected chi connectivity index (χ1v) is 7.31. The predicted octanol–water partition coefficient (Wildman–Crippen LogP) is 3.20. The van der Waals surface area contributed by atoms with E-state index in [1.165, 1.54) is 12.1 Å². The molecule has 1 aromatic rings. The molecule has 1 unspecified atom stereocenters. The van der Waals surface area contributed by atoms with Gasteiger partial charge in [-0.15, -0.1) is 0 Å². The molecule has 1 amide bonds. The Morgan fingerprint density at radius 3 is 2.86 bits per heavy atom. The third-order valence-electron chi connectivity index (χ3n) is 3.73. The molecule has 1 aromatic carbocycles. The molecule has 0 aromatic heterocycles. The largest absolute Gasteiger partial charge is 0.481 e. The lowest BCUT2D eigenvalue weighted by Gasteiger charge is -2.32. The summed E-state index contributed by atoms with van der Waals surface area (Å²) in [6.07, 6.45) is 2.45. The van der Waals surface area contributed by atoms with Crippen molar-refractivity contribution in [3.8, 4) is 0 Å². The fraction of sp³-hybridized carbons (Fsp3) is 0.467. The van der Waals surface area contributed by atoms with Gasteiger partial charge in [-0.2, -0.15) is 0 Å². The van der Waals surface area contributed by atoms with Crippen molar-refractivity contribution in [3.05, 3.63) is 34.6 Å². The third-order valence-corrected chi connectivity index (χ3v) is 4.05. The normalized spacial score (nSPS) is 18.6. The van der Waals surface area contributed by atoms with Crippen molar-refractivity contribution in [2.75, 3.05) is 13.1 Å². The highest BCUT2D eigenvalue weighted by molar-refractivity contribution is 6.33. The zero-order valence-corrected chi connectivity index (χ0v) is 12.3. The van der Waals surface area contributed by atoms with Crippen LogP contribution in [0.25, 0.3) is 0 Å². The standard InChI is InChI=1S/C15H17ClFNO3/c16-13-8-11(17)4-5-12(13)15(21)18-7-1-2-10(9-18)3-6-14(19)20/h4-5,8,10H,1-3,6-7,9H2,(H,19,20). The summed E-state index contributed by atoms with van der Waals surface area (Å²) < 4.78 is 13.0. The summed E-state index contributed by atoms with van der Waals surface area (Å²) in [6, 6.07) is 3.73. The number of benzene rings is 1. The van der Waals surface area contributed by atoms with Crippen molar-refractivity contribution < 1.29 is 19.1 Å². The number of carbonyl (C=O) groups excluding carboxylic acids is 1. The monoisotopic (exact) mass is 313 g/mol. The third kappa shape index (κ3) is 4.17. The molecule has 1 saturated heterocycles. The van der Waals surface area contributed by atoms with Crippen LogP contribution in [-0.4, -0.2) is 35.0 Å². The van der Waals surface area contributed by atoms with Crippen molar-refractivity contribution in [1.82, 2.24) is 4.90 Å². The zero-order chi connectivity index (χ0) is 15.4. The van der Waals surface area contributed by atoms with Crippen molar-refractivity contribution in [2.24, 2.45) is 5.92 Å². The summed E-state index contributed by atoms with van der Waals surface area (Å²) in [4.78, 5) is 24.7. The maximum absolute atomic E-state index is 13.0. The van der Waals surface area contributed by atoms with Crippen LogP contribution in [0.1, 0.15) is 36.0 Å². The summed E-state index contributed by atoms with van der Waals surface area (Å²) in [7, 11) is 0. The molecule has 1 fully saturated rings. The van der Waals surface area contributed by atoms with E-state index in [0.29, 0.717) is 19.5 Å². The van der Waals surface area contributed by atoms with E-state index in [9.17, 15) is 14.0 Å². The van der Waals surface area contributed by atoms with Crippen LogP contribution >= 0.6 is 11.6 Å². The number of aliphatic carboxylic acids is 1. The van der Waals surface area contributed by atoms with Gasteiger partial charge in [-0.25, -0.2) is 4.39 Å². The Hall–Kier alpha value is -1.62. The summed E-state index contributed by atoms with van der Waals surface area (Å²) in [5.41, 5.74) is 0.289. The number of nitrogens with zero attached hydrogens (tertiary/aromatic N) is 1. The summed E-state index contributed by atoms with van der Waals surface area (Å²) >= 11 is 5.92. The van der Waals surface area contributed by atoms with Crippen LogP contribution in [0.15, 0.2) is 18.2 Å². The van der Waals surface area contributed by atoms with E-state index in [-0.39, 0.29) is 28.8 Å². The van der Waals surface area contributed by atoms with E-state index in [1.807, 2.05) is 0 Å². The second kappa shape index (κ2) is 6.89. The molecule has 1 heterocycles. The van der Waals surface area contributed by atoms with Gasteiger partial charge < -0.3 is 10.0 Å². The van der Waals surface area contributed by atoms with Gasteiger partial charge in [0.1, 0.15) is 5.82 Å². The van der Waals surface area contributed by atoms with E-state index >= 15 is 0 Å². The maximum atomic E-state index is 13.0. The van der Waals surface area contributed by atoms with E-state index in [4.69, 9.17) is 16.7 Å². The molecule has 0 saturated carbocycles. The van der Waals surface area contributed by atoms with Crippen LogP contribution in [0.4, 0.5) is 4.39 Å². The average Bonchev–Trinajstić information content (AvgIpc) is 2.45. The van der Waals surface area contributed by atoms with Gasteiger partial charge in [-0.05, 0) is 43.4 Å². The molecule has 114 valence electrons. The Balaban J connectivity index is 2.03.